The molecule has 4 fully saturated rings. The van der Waals surface area contributed by atoms with Crippen LogP contribution in [0.1, 0.15) is 76.3 Å². The lowest BCUT2D eigenvalue weighted by Crippen LogP contribution is -2.44. The van der Waals surface area contributed by atoms with Gasteiger partial charge in [0, 0.05) is 63.7 Å². The molecule has 0 spiro atoms. The van der Waals surface area contributed by atoms with Crippen LogP contribution in [0.25, 0.3) is 0 Å². The van der Waals surface area contributed by atoms with Crippen molar-refractivity contribution in [3.05, 3.63) is 117 Å². The van der Waals surface area contributed by atoms with E-state index in [0.717, 1.165) is 24.6 Å². The molecule has 4 aliphatic heterocycles. The lowest BCUT2D eigenvalue weighted by atomic mass is 9.98. The molecular weight excluding hydrogens is 1370 g/mol. The van der Waals surface area contributed by atoms with Gasteiger partial charge in [0.25, 0.3) is 0 Å². The Hall–Kier alpha value is -5.72. The van der Waals surface area contributed by atoms with E-state index in [2.05, 4.69) is 21.3 Å². The van der Waals surface area contributed by atoms with Crippen LogP contribution in [0.2, 0.25) is 10.0 Å². The molecule has 4 amide bonds. The zero-order chi connectivity index (χ0) is 68.9. The highest BCUT2D eigenvalue weighted by Gasteiger charge is 2.38. The smallest absolute Gasteiger partial charge is 0.326 e. The molecule has 0 aromatic heterocycles. The fraction of sp³-hybridized carbons (Fsp3) is 0.500. The predicted molar refractivity (Wildman–Crippen MR) is 326 cm³/mol. The third kappa shape index (κ3) is 22.2. The molecule has 92 heavy (non-hydrogen) atoms. The van der Waals surface area contributed by atoms with Gasteiger partial charge in [-0.15, -0.1) is 0 Å². The maximum absolute atomic E-state index is 13.5. The van der Waals surface area contributed by atoms with Gasteiger partial charge >= 0.3 is 12.4 Å². The fourth-order valence-electron chi connectivity index (χ4n) is 9.90. The summed E-state index contributed by atoms with van der Waals surface area (Å²) in [6.45, 7) is 4.86. The van der Waals surface area contributed by atoms with Crippen LogP contribution in [0.3, 0.4) is 0 Å². The monoisotopic (exact) mass is 1430 g/mol. The highest BCUT2D eigenvalue weighted by molar-refractivity contribution is 7.89. The summed E-state index contributed by atoms with van der Waals surface area (Å²) in [6.07, 6.45) is -3.17. The number of anilines is 4. The molecule has 0 bridgehead atoms. The molecule has 4 atom stereocenters. The number of benzene rings is 4. The number of carbonyl (C=O) groups excluding carboxylic acids is 4. The van der Waals surface area contributed by atoms with E-state index in [-0.39, 0.29) is 82.3 Å². The van der Waals surface area contributed by atoms with E-state index >= 15 is 0 Å². The van der Waals surface area contributed by atoms with Gasteiger partial charge in [-0.25, -0.2) is 68.5 Å². The van der Waals surface area contributed by atoms with Gasteiger partial charge in [0.1, 0.15) is 23.3 Å². The molecule has 512 valence electrons. The van der Waals surface area contributed by atoms with Gasteiger partial charge < -0.3 is 21.3 Å². The summed E-state index contributed by atoms with van der Waals surface area (Å²) < 4.78 is 228. The van der Waals surface area contributed by atoms with Crippen molar-refractivity contribution in [1.82, 2.24) is 17.2 Å². The zero-order valence-corrected chi connectivity index (χ0v) is 54.6. The second-order valence-electron chi connectivity index (χ2n) is 21.7. The third-order valence-corrected chi connectivity index (χ3v) is 22.0. The standard InChI is InChI=1S/C15H18F4N2O3S.C14H18ClFN2O3S.C14H16F4N2O3S.C13H16ClFN2O3S/c1-2-25(23,24)21-7-3-4-10(9-21)14(22)20-11-5-6-12(13(16)8-11)15(17,18)19;1-2-22(20,21)18-8-4-5-10(9-18)14(19)17-12-7-3-6-11(16)13(12)15;1-24(22,23)20-6-2-3-9(8-20)13(21)19-10-4-5-11(12(15)7-10)14(16,17)18;1-21(19,20)17-7-3-4-9(8-17)13(18)16-11-6-2-5-10(15)12(11)14/h5-6,8,10H,2-4,7,9H2,1H3,(H,20,22);3,6-7,10H,2,4-5,8-9H2,1H3,(H,17,19);4-5,7,9H,2-3,6,8H2,1H3,(H,19,21);2,5-6,9H,3-4,7-8H2,1H3,(H,16,18). The summed E-state index contributed by atoms with van der Waals surface area (Å²) in [6, 6.07) is 12.5. The molecule has 8 rings (SSSR count). The van der Waals surface area contributed by atoms with Crippen LogP contribution in [0.4, 0.5) is 66.7 Å². The van der Waals surface area contributed by atoms with Crippen molar-refractivity contribution in [3.8, 4) is 0 Å². The SMILES string of the molecule is CCS(=O)(=O)N1CCCC(C(=O)Nc2ccc(C(F)(F)F)c(F)c2)C1.CCS(=O)(=O)N1CCCC(C(=O)Nc2cccc(F)c2Cl)C1.CS(=O)(=O)N1CCCC(C(=O)Nc2ccc(C(F)(F)F)c(F)c2)C1.CS(=O)(=O)N1CCCC(C(=O)Nc2cccc(F)c2Cl)C1. The van der Waals surface area contributed by atoms with Gasteiger partial charge in [-0.05, 0) is 126 Å². The van der Waals surface area contributed by atoms with Crippen LogP contribution >= 0.6 is 23.2 Å². The summed E-state index contributed by atoms with van der Waals surface area (Å²) in [5.74, 6) is -8.26. The normalized spacial score (nSPS) is 19.9. The van der Waals surface area contributed by atoms with E-state index in [4.69, 9.17) is 23.2 Å². The number of sulfonamides is 4. The van der Waals surface area contributed by atoms with Crippen molar-refractivity contribution in [2.75, 3.05) is 97.6 Å². The number of hydrogen-bond acceptors (Lipinski definition) is 12. The number of rotatable bonds is 14. The number of halogens is 12. The van der Waals surface area contributed by atoms with Crippen LogP contribution in [0.5, 0.6) is 0 Å². The van der Waals surface area contributed by atoms with E-state index < -0.39 is 122 Å². The summed E-state index contributed by atoms with van der Waals surface area (Å²) >= 11 is 11.6. The number of hydrogen-bond donors (Lipinski definition) is 4. The maximum Gasteiger partial charge on any atom is 0.419 e. The largest absolute Gasteiger partial charge is 0.419 e. The average Bonchev–Trinajstić information content (AvgIpc) is 1.63. The van der Waals surface area contributed by atoms with Crippen LogP contribution in [-0.4, -0.2) is 151 Å². The van der Waals surface area contributed by atoms with Crippen molar-refractivity contribution in [3.63, 3.8) is 0 Å². The molecule has 0 saturated carbocycles. The van der Waals surface area contributed by atoms with E-state index in [1.807, 2.05) is 0 Å². The molecule has 4 heterocycles. The molecule has 4 aromatic carbocycles. The van der Waals surface area contributed by atoms with Gasteiger partial charge in [-0.1, -0.05) is 35.3 Å². The highest BCUT2D eigenvalue weighted by atomic mass is 35.5. The second kappa shape index (κ2) is 32.6. The first-order valence-electron chi connectivity index (χ1n) is 28.4. The van der Waals surface area contributed by atoms with E-state index in [0.29, 0.717) is 102 Å². The van der Waals surface area contributed by atoms with Gasteiger partial charge in [0.2, 0.25) is 63.7 Å². The summed E-state index contributed by atoms with van der Waals surface area (Å²) in [5.41, 5.74) is -2.65. The molecular formula is C56H68Cl2F10N8O12S4. The number of nitrogens with zero attached hydrogens (tertiary/aromatic N) is 4. The van der Waals surface area contributed by atoms with Crippen molar-refractivity contribution in [2.24, 2.45) is 23.7 Å². The Morgan fingerprint density at radius 3 is 1.00 bits per heavy atom. The summed E-state index contributed by atoms with van der Waals surface area (Å²) in [5, 5.41) is 9.53. The third-order valence-electron chi connectivity index (χ3n) is 15.0. The Kier molecular flexibility index (Phi) is 27.3. The van der Waals surface area contributed by atoms with Crippen LogP contribution in [0, 0.1) is 46.9 Å². The first-order valence-corrected chi connectivity index (χ1v) is 36.0. The molecule has 20 nitrogen and oxygen atoms in total. The Morgan fingerprint density at radius 1 is 0.446 bits per heavy atom. The maximum atomic E-state index is 13.5. The topological polar surface area (TPSA) is 266 Å². The molecule has 4 N–H and O–H groups in total. The Bertz CT molecular complexity index is 3770. The fourth-order valence-corrected chi connectivity index (χ4v) is 14.4. The Labute approximate surface area is 536 Å². The van der Waals surface area contributed by atoms with E-state index in [1.54, 1.807) is 6.92 Å². The highest BCUT2D eigenvalue weighted by Crippen LogP contribution is 2.35. The molecule has 0 aliphatic carbocycles. The summed E-state index contributed by atoms with van der Waals surface area (Å²) in [4.78, 5) is 48.9. The number of amides is 4. The quantitative estimate of drug-likeness (QED) is 0.0860. The minimum absolute atomic E-state index is 0.00508. The lowest BCUT2D eigenvalue weighted by Gasteiger charge is -2.31. The number of alkyl halides is 6. The van der Waals surface area contributed by atoms with Crippen molar-refractivity contribution < 1.29 is 96.8 Å². The predicted octanol–water partition coefficient (Wildman–Crippen LogP) is 9.87. The number of piperidine rings is 4. The first-order chi connectivity index (χ1) is 42.7. The van der Waals surface area contributed by atoms with Gasteiger partial charge in [0.05, 0.1) is 80.2 Å². The first kappa shape index (κ1) is 77.0. The lowest BCUT2D eigenvalue weighted by molar-refractivity contribution is -0.140. The van der Waals surface area contributed by atoms with Gasteiger partial charge in [-0.3, -0.25) is 19.2 Å². The van der Waals surface area contributed by atoms with Crippen molar-refractivity contribution >= 4 is 110 Å². The van der Waals surface area contributed by atoms with E-state index in [9.17, 15) is 96.8 Å². The van der Waals surface area contributed by atoms with Crippen LogP contribution < -0.4 is 21.3 Å². The molecule has 4 unspecified atom stereocenters. The zero-order valence-electron chi connectivity index (χ0n) is 49.8. The average molecular weight is 1430 g/mol. The van der Waals surface area contributed by atoms with E-state index in [1.165, 1.54) is 60.5 Å². The minimum atomic E-state index is -4.81. The molecule has 36 heteroatoms. The van der Waals surface area contributed by atoms with Gasteiger partial charge in [-0.2, -0.15) is 26.3 Å². The summed E-state index contributed by atoms with van der Waals surface area (Å²) in [7, 11) is -13.5. The number of nitrogens with one attached hydrogen (secondary N) is 4. The molecule has 4 aliphatic rings. The van der Waals surface area contributed by atoms with Crippen LogP contribution in [0.15, 0.2) is 72.8 Å². The minimum Gasteiger partial charge on any atom is -0.326 e. The molecule has 4 aromatic rings. The second-order valence-corrected chi connectivity index (χ2v) is 30.9. The molecule has 0 radical (unpaired) electrons. The van der Waals surface area contributed by atoms with Crippen molar-refractivity contribution in [1.29, 1.82) is 0 Å². The van der Waals surface area contributed by atoms with Crippen LogP contribution in [-0.2, 0) is 71.6 Å². The Balaban J connectivity index is 0.000000223. The van der Waals surface area contributed by atoms with Gasteiger partial charge in [0.15, 0.2) is 0 Å². The molecule has 4 saturated heterocycles. The number of carbonyl (C=O) groups is 4. The van der Waals surface area contributed by atoms with Crippen molar-refractivity contribution in [2.45, 2.75) is 77.6 Å². The Morgan fingerprint density at radius 2 is 0.728 bits per heavy atom.